The minimum absolute atomic E-state index is 0.146. The highest BCUT2D eigenvalue weighted by molar-refractivity contribution is 7.92. The summed E-state index contributed by atoms with van der Waals surface area (Å²) in [6.07, 6.45) is 2.74. The molecule has 2 aromatic rings. The number of hydrogen-bond acceptors (Lipinski definition) is 5. The standard InChI is InChI=1S/C21H23NO5S/c1-21(2,20(22)24)28(25,26)15-18-11-7-6-10-17(18)12-13-19(23)27-14-16-8-4-3-5-9-16/h3-13H,14-15H2,1-2H3,(H2,22,24)/b13-12+. The van der Waals surface area contributed by atoms with Crippen LogP contribution in [-0.2, 0) is 36.5 Å². The van der Waals surface area contributed by atoms with Gasteiger partial charge in [-0.25, -0.2) is 13.2 Å². The van der Waals surface area contributed by atoms with Crippen molar-refractivity contribution in [2.45, 2.75) is 31.0 Å². The molecular weight excluding hydrogens is 378 g/mol. The fourth-order valence-corrected chi connectivity index (χ4v) is 3.64. The van der Waals surface area contributed by atoms with E-state index in [-0.39, 0.29) is 12.4 Å². The second-order valence-electron chi connectivity index (χ2n) is 6.76. The van der Waals surface area contributed by atoms with E-state index in [2.05, 4.69) is 0 Å². The van der Waals surface area contributed by atoms with E-state index in [1.807, 2.05) is 30.3 Å². The maximum Gasteiger partial charge on any atom is 0.331 e. The van der Waals surface area contributed by atoms with E-state index in [0.717, 1.165) is 5.56 Å². The Hall–Kier alpha value is -2.93. The highest BCUT2D eigenvalue weighted by Crippen LogP contribution is 2.23. The molecule has 2 N–H and O–H groups in total. The first-order valence-corrected chi connectivity index (χ1v) is 10.3. The number of amides is 1. The third-order valence-electron chi connectivity index (χ3n) is 4.39. The minimum Gasteiger partial charge on any atom is -0.458 e. The number of primary amides is 1. The summed E-state index contributed by atoms with van der Waals surface area (Å²) < 4.78 is 28.7. The van der Waals surface area contributed by atoms with Gasteiger partial charge in [0.05, 0.1) is 5.75 Å². The quantitative estimate of drug-likeness (QED) is 0.541. The van der Waals surface area contributed by atoms with E-state index in [1.54, 1.807) is 24.3 Å². The van der Waals surface area contributed by atoms with Gasteiger partial charge in [0.15, 0.2) is 9.84 Å². The summed E-state index contributed by atoms with van der Waals surface area (Å²) in [5, 5.41) is 0. The van der Waals surface area contributed by atoms with Gasteiger partial charge in [-0.05, 0) is 36.6 Å². The monoisotopic (exact) mass is 401 g/mol. The molecule has 0 fully saturated rings. The fourth-order valence-electron chi connectivity index (χ4n) is 2.30. The van der Waals surface area contributed by atoms with Gasteiger partial charge in [-0.15, -0.1) is 0 Å². The molecule has 148 valence electrons. The molecule has 0 heterocycles. The van der Waals surface area contributed by atoms with Crippen LogP contribution in [0.3, 0.4) is 0 Å². The number of carbonyl (C=O) groups is 2. The zero-order valence-electron chi connectivity index (χ0n) is 15.8. The minimum atomic E-state index is -3.84. The third kappa shape index (κ3) is 5.29. The van der Waals surface area contributed by atoms with Crippen LogP contribution in [-0.4, -0.2) is 25.0 Å². The van der Waals surface area contributed by atoms with Gasteiger partial charge in [-0.3, -0.25) is 4.79 Å². The molecule has 28 heavy (non-hydrogen) atoms. The molecule has 0 bridgehead atoms. The van der Waals surface area contributed by atoms with Crippen molar-refractivity contribution in [1.82, 2.24) is 0 Å². The first-order chi connectivity index (χ1) is 13.1. The normalized spacial score (nSPS) is 12.1. The lowest BCUT2D eigenvalue weighted by molar-refractivity contribution is -0.138. The van der Waals surface area contributed by atoms with Crippen molar-refractivity contribution in [2.75, 3.05) is 0 Å². The molecule has 0 aliphatic heterocycles. The number of carbonyl (C=O) groups excluding carboxylic acids is 2. The Morgan fingerprint density at radius 2 is 1.64 bits per heavy atom. The molecule has 0 aliphatic carbocycles. The molecule has 2 aromatic carbocycles. The number of ether oxygens (including phenoxy) is 1. The topological polar surface area (TPSA) is 104 Å². The number of nitrogens with two attached hydrogens (primary N) is 1. The van der Waals surface area contributed by atoms with Crippen molar-refractivity contribution in [3.05, 3.63) is 77.4 Å². The Morgan fingerprint density at radius 3 is 2.29 bits per heavy atom. The van der Waals surface area contributed by atoms with E-state index in [9.17, 15) is 18.0 Å². The summed E-state index contributed by atoms with van der Waals surface area (Å²) in [6.45, 7) is 2.71. The Bertz CT molecular complexity index is 979. The lowest BCUT2D eigenvalue weighted by atomic mass is 10.1. The molecule has 7 heteroatoms. The Labute approximate surface area is 164 Å². The molecule has 0 spiro atoms. The van der Waals surface area contributed by atoms with Gasteiger partial charge in [0, 0.05) is 6.08 Å². The SMILES string of the molecule is CC(C)(C(N)=O)S(=O)(=O)Cc1ccccc1/C=C/C(=O)OCc1ccccc1. The Morgan fingerprint density at radius 1 is 1.04 bits per heavy atom. The highest BCUT2D eigenvalue weighted by Gasteiger charge is 2.40. The van der Waals surface area contributed by atoms with Crippen molar-refractivity contribution >= 4 is 27.8 Å². The largest absolute Gasteiger partial charge is 0.458 e. The zero-order chi connectivity index (χ0) is 20.8. The van der Waals surface area contributed by atoms with Gasteiger partial charge in [-0.2, -0.15) is 0 Å². The summed E-state index contributed by atoms with van der Waals surface area (Å²) >= 11 is 0. The average Bonchev–Trinajstić information content (AvgIpc) is 2.66. The highest BCUT2D eigenvalue weighted by atomic mass is 32.2. The van der Waals surface area contributed by atoms with Crippen LogP contribution in [0.4, 0.5) is 0 Å². The average molecular weight is 401 g/mol. The van der Waals surface area contributed by atoms with Gasteiger partial charge >= 0.3 is 5.97 Å². The molecule has 1 amide bonds. The number of hydrogen-bond donors (Lipinski definition) is 1. The number of esters is 1. The van der Waals surface area contributed by atoms with Gasteiger partial charge < -0.3 is 10.5 Å². The van der Waals surface area contributed by atoms with Crippen LogP contribution in [0.2, 0.25) is 0 Å². The molecule has 0 saturated heterocycles. The second-order valence-corrected chi connectivity index (χ2v) is 9.30. The molecule has 0 saturated carbocycles. The van der Waals surface area contributed by atoms with Crippen LogP contribution in [0, 0.1) is 0 Å². The van der Waals surface area contributed by atoms with Crippen LogP contribution in [0.1, 0.15) is 30.5 Å². The van der Waals surface area contributed by atoms with E-state index in [0.29, 0.717) is 11.1 Å². The molecular formula is C21H23NO5S. The van der Waals surface area contributed by atoms with Crippen molar-refractivity contribution < 1.29 is 22.7 Å². The van der Waals surface area contributed by atoms with Crippen LogP contribution < -0.4 is 5.73 Å². The van der Waals surface area contributed by atoms with Crippen molar-refractivity contribution in [1.29, 1.82) is 0 Å². The van der Waals surface area contributed by atoms with Crippen LogP contribution >= 0.6 is 0 Å². The number of benzene rings is 2. The van der Waals surface area contributed by atoms with E-state index < -0.39 is 26.5 Å². The second kappa shape index (κ2) is 8.84. The fraction of sp³-hybridized carbons (Fsp3) is 0.238. The molecule has 0 atom stereocenters. The summed E-state index contributed by atoms with van der Waals surface area (Å²) in [6, 6.07) is 16.0. The summed E-state index contributed by atoms with van der Waals surface area (Å²) in [4.78, 5) is 23.5. The first-order valence-electron chi connectivity index (χ1n) is 8.62. The van der Waals surface area contributed by atoms with E-state index in [4.69, 9.17) is 10.5 Å². The lowest BCUT2D eigenvalue weighted by Gasteiger charge is -2.21. The van der Waals surface area contributed by atoms with E-state index in [1.165, 1.54) is 26.0 Å². The van der Waals surface area contributed by atoms with Gasteiger partial charge in [0.1, 0.15) is 11.4 Å². The Kier molecular flexibility index (Phi) is 6.75. The predicted octanol–water partition coefficient (Wildman–Crippen LogP) is 2.62. The lowest BCUT2D eigenvalue weighted by Crippen LogP contribution is -2.45. The van der Waals surface area contributed by atoms with Crippen LogP contribution in [0.25, 0.3) is 6.08 Å². The predicted molar refractivity (Wildman–Crippen MR) is 108 cm³/mol. The van der Waals surface area contributed by atoms with Crippen molar-refractivity contribution in [2.24, 2.45) is 5.73 Å². The molecule has 6 nitrogen and oxygen atoms in total. The summed E-state index contributed by atoms with van der Waals surface area (Å²) in [5.41, 5.74) is 7.11. The molecule has 2 rings (SSSR count). The van der Waals surface area contributed by atoms with Crippen LogP contribution in [0.15, 0.2) is 60.7 Å². The van der Waals surface area contributed by atoms with Gasteiger partial charge in [0.2, 0.25) is 5.91 Å². The van der Waals surface area contributed by atoms with Gasteiger partial charge in [-0.1, -0.05) is 54.6 Å². The molecule has 0 aromatic heterocycles. The molecule has 0 unspecified atom stereocenters. The number of sulfone groups is 1. The van der Waals surface area contributed by atoms with E-state index >= 15 is 0 Å². The third-order valence-corrected chi connectivity index (χ3v) is 6.84. The first kappa shape index (κ1) is 21.4. The maximum absolute atomic E-state index is 12.6. The summed E-state index contributed by atoms with van der Waals surface area (Å²) in [7, 11) is -3.84. The Balaban J connectivity index is 2.12. The van der Waals surface area contributed by atoms with Crippen molar-refractivity contribution in [3.8, 4) is 0 Å². The van der Waals surface area contributed by atoms with Gasteiger partial charge in [0.25, 0.3) is 0 Å². The summed E-state index contributed by atoms with van der Waals surface area (Å²) in [5.74, 6) is -1.83. The number of rotatable bonds is 8. The smallest absolute Gasteiger partial charge is 0.331 e. The zero-order valence-corrected chi connectivity index (χ0v) is 16.6. The maximum atomic E-state index is 12.6. The van der Waals surface area contributed by atoms with Crippen LogP contribution in [0.5, 0.6) is 0 Å². The molecule has 0 aliphatic rings. The van der Waals surface area contributed by atoms with Crippen molar-refractivity contribution in [3.63, 3.8) is 0 Å². The molecule has 0 radical (unpaired) electrons.